The van der Waals surface area contributed by atoms with Crippen LogP contribution in [0.3, 0.4) is 0 Å². The van der Waals surface area contributed by atoms with Gasteiger partial charge in [0.05, 0.1) is 6.10 Å². The quantitative estimate of drug-likeness (QED) is 0.468. The first-order valence-electron chi connectivity index (χ1n) is 7.04. The van der Waals surface area contributed by atoms with Crippen LogP contribution in [0.4, 0.5) is 0 Å². The Morgan fingerprint density at radius 3 is 2.12 bits per heavy atom. The van der Waals surface area contributed by atoms with Crippen molar-refractivity contribution in [3.8, 4) is 0 Å². The van der Waals surface area contributed by atoms with Crippen LogP contribution in [0.2, 0.25) is 0 Å². The molecule has 2 nitrogen and oxygen atoms in total. The number of unbranched alkanes of at least 4 members (excludes halogenated alkanes) is 1. The summed E-state index contributed by atoms with van der Waals surface area (Å²) in [5, 5.41) is 0. The molecule has 0 aliphatic heterocycles. The van der Waals surface area contributed by atoms with Crippen LogP contribution >= 0.6 is 0 Å². The van der Waals surface area contributed by atoms with Gasteiger partial charge >= 0.3 is 0 Å². The standard InChI is InChI=1S/C14H30O2/c1-4-7-12-15-13-8-10-14(9-5-2)16-11-6-3/h14H,4-13H2,1-3H3. The van der Waals surface area contributed by atoms with Gasteiger partial charge in [-0.3, -0.25) is 0 Å². The van der Waals surface area contributed by atoms with Gasteiger partial charge in [0.25, 0.3) is 0 Å². The molecule has 0 rings (SSSR count). The van der Waals surface area contributed by atoms with Gasteiger partial charge in [-0.2, -0.15) is 0 Å². The second-order valence-electron chi connectivity index (χ2n) is 4.39. The Labute approximate surface area is 102 Å². The van der Waals surface area contributed by atoms with Crippen LogP contribution in [-0.4, -0.2) is 25.9 Å². The van der Waals surface area contributed by atoms with E-state index in [4.69, 9.17) is 9.47 Å². The van der Waals surface area contributed by atoms with E-state index in [-0.39, 0.29) is 0 Å². The molecule has 0 N–H and O–H groups in total. The molecule has 1 unspecified atom stereocenters. The summed E-state index contributed by atoms with van der Waals surface area (Å²) in [5.74, 6) is 0. The van der Waals surface area contributed by atoms with Gasteiger partial charge < -0.3 is 9.47 Å². The van der Waals surface area contributed by atoms with E-state index >= 15 is 0 Å². The van der Waals surface area contributed by atoms with Crippen LogP contribution in [-0.2, 0) is 9.47 Å². The monoisotopic (exact) mass is 230 g/mol. The Hall–Kier alpha value is -0.0800. The molecular formula is C14H30O2. The second-order valence-corrected chi connectivity index (χ2v) is 4.39. The van der Waals surface area contributed by atoms with Crippen molar-refractivity contribution in [3.63, 3.8) is 0 Å². The molecule has 0 aromatic rings. The molecule has 0 amide bonds. The Morgan fingerprint density at radius 2 is 1.50 bits per heavy atom. The van der Waals surface area contributed by atoms with E-state index < -0.39 is 0 Å². The zero-order valence-electron chi connectivity index (χ0n) is 11.5. The summed E-state index contributed by atoms with van der Waals surface area (Å²) in [6.45, 7) is 9.30. The van der Waals surface area contributed by atoms with Gasteiger partial charge in [0.15, 0.2) is 0 Å². The van der Waals surface area contributed by atoms with Crippen LogP contribution in [0.5, 0.6) is 0 Å². The van der Waals surface area contributed by atoms with Crippen LogP contribution in [0.25, 0.3) is 0 Å². The lowest BCUT2D eigenvalue weighted by atomic mass is 10.1. The lowest BCUT2D eigenvalue weighted by Gasteiger charge is -2.16. The van der Waals surface area contributed by atoms with Gasteiger partial charge in [-0.05, 0) is 32.1 Å². The highest BCUT2D eigenvalue weighted by molar-refractivity contribution is 4.57. The van der Waals surface area contributed by atoms with Gasteiger partial charge in [0.1, 0.15) is 0 Å². The molecule has 0 aliphatic carbocycles. The van der Waals surface area contributed by atoms with Crippen molar-refractivity contribution in [2.75, 3.05) is 19.8 Å². The average Bonchev–Trinajstić information content (AvgIpc) is 2.30. The molecule has 0 radical (unpaired) electrons. The lowest BCUT2D eigenvalue weighted by molar-refractivity contribution is 0.0320. The van der Waals surface area contributed by atoms with E-state index in [2.05, 4.69) is 20.8 Å². The molecule has 0 heterocycles. The number of ether oxygens (including phenoxy) is 2. The third-order valence-corrected chi connectivity index (χ3v) is 2.63. The van der Waals surface area contributed by atoms with E-state index in [0.717, 1.165) is 39.1 Å². The van der Waals surface area contributed by atoms with Crippen molar-refractivity contribution in [1.82, 2.24) is 0 Å². The van der Waals surface area contributed by atoms with E-state index in [1.54, 1.807) is 0 Å². The fourth-order valence-electron chi connectivity index (χ4n) is 1.68. The summed E-state index contributed by atoms with van der Waals surface area (Å²) >= 11 is 0. The molecule has 16 heavy (non-hydrogen) atoms. The van der Waals surface area contributed by atoms with E-state index in [1.165, 1.54) is 25.7 Å². The first-order valence-corrected chi connectivity index (χ1v) is 7.04. The van der Waals surface area contributed by atoms with Crippen LogP contribution in [0.15, 0.2) is 0 Å². The lowest BCUT2D eigenvalue weighted by Crippen LogP contribution is -2.14. The summed E-state index contributed by atoms with van der Waals surface area (Å²) < 4.78 is 11.4. The SMILES string of the molecule is CCCCOCCCC(CCC)OCCC. The molecule has 0 saturated carbocycles. The molecule has 0 aromatic heterocycles. The van der Waals surface area contributed by atoms with Crippen LogP contribution < -0.4 is 0 Å². The fourth-order valence-corrected chi connectivity index (χ4v) is 1.68. The van der Waals surface area contributed by atoms with Gasteiger partial charge in [-0.25, -0.2) is 0 Å². The molecule has 2 heteroatoms. The van der Waals surface area contributed by atoms with Crippen LogP contribution in [0.1, 0.15) is 65.7 Å². The summed E-state index contributed by atoms with van der Waals surface area (Å²) in [4.78, 5) is 0. The van der Waals surface area contributed by atoms with Crippen molar-refractivity contribution >= 4 is 0 Å². The van der Waals surface area contributed by atoms with E-state index in [9.17, 15) is 0 Å². The predicted octanol–water partition coefficient (Wildman–Crippen LogP) is 4.18. The summed E-state index contributed by atoms with van der Waals surface area (Å²) in [5.41, 5.74) is 0. The number of hydrogen-bond acceptors (Lipinski definition) is 2. The van der Waals surface area contributed by atoms with Crippen molar-refractivity contribution < 1.29 is 9.47 Å². The van der Waals surface area contributed by atoms with E-state index in [1.807, 2.05) is 0 Å². The molecule has 0 aromatic carbocycles. The minimum absolute atomic E-state index is 0.458. The maximum absolute atomic E-state index is 5.80. The molecule has 0 spiro atoms. The van der Waals surface area contributed by atoms with Gasteiger partial charge in [-0.15, -0.1) is 0 Å². The fraction of sp³-hybridized carbons (Fsp3) is 1.00. The van der Waals surface area contributed by atoms with Crippen molar-refractivity contribution in [3.05, 3.63) is 0 Å². The molecule has 1 atom stereocenters. The third-order valence-electron chi connectivity index (χ3n) is 2.63. The Kier molecular flexibility index (Phi) is 12.9. The summed E-state index contributed by atoms with van der Waals surface area (Å²) in [6, 6.07) is 0. The average molecular weight is 230 g/mol. The smallest absolute Gasteiger partial charge is 0.0575 e. The maximum Gasteiger partial charge on any atom is 0.0575 e. The maximum atomic E-state index is 5.80. The van der Waals surface area contributed by atoms with Crippen molar-refractivity contribution in [1.29, 1.82) is 0 Å². The molecule has 0 saturated heterocycles. The molecular weight excluding hydrogens is 200 g/mol. The highest BCUT2D eigenvalue weighted by Crippen LogP contribution is 2.10. The zero-order chi connectivity index (χ0) is 12.1. The minimum Gasteiger partial charge on any atom is -0.381 e. The number of rotatable bonds is 12. The largest absolute Gasteiger partial charge is 0.381 e. The minimum atomic E-state index is 0.458. The molecule has 98 valence electrons. The summed E-state index contributed by atoms with van der Waals surface area (Å²) in [6.07, 6.45) is 8.67. The van der Waals surface area contributed by atoms with Gasteiger partial charge in [-0.1, -0.05) is 33.6 Å². The molecule has 0 bridgehead atoms. The van der Waals surface area contributed by atoms with E-state index in [0.29, 0.717) is 6.10 Å². The van der Waals surface area contributed by atoms with Crippen LogP contribution in [0, 0.1) is 0 Å². The number of hydrogen-bond donors (Lipinski definition) is 0. The zero-order valence-corrected chi connectivity index (χ0v) is 11.5. The first kappa shape index (κ1) is 15.9. The highest BCUT2D eigenvalue weighted by atomic mass is 16.5. The Balaban J connectivity index is 3.36. The first-order chi connectivity index (χ1) is 7.85. The summed E-state index contributed by atoms with van der Waals surface area (Å²) in [7, 11) is 0. The third kappa shape index (κ3) is 10.4. The Morgan fingerprint density at radius 1 is 0.750 bits per heavy atom. The van der Waals surface area contributed by atoms with Crippen molar-refractivity contribution in [2.45, 2.75) is 71.8 Å². The molecule has 0 fully saturated rings. The Bertz CT molecular complexity index is 126. The van der Waals surface area contributed by atoms with Gasteiger partial charge in [0.2, 0.25) is 0 Å². The topological polar surface area (TPSA) is 18.5 Å². The normalized spacial score (nSPS) is 12.9. The second kappa shape index (κ2) is 13.0. The predicted molar refractivity (Wildman–Crippen MR) is 69.9 cm³/mol. The van der Waals surface area contributed by atoms with Gasteiger partial charge in [0, 0.05) is 19.8 Å². The van der Waals surface area contributed by atoms with Crippen molar-refractivity contribution in [2.24, 2.45) is 0 Å². The molecule has 0 aliphatic rings. The highest BCUT2D eigenvalue weighted by Gasteiger charge is 2.06.